The second-order valence-corrected chi connectivity index (χ2v) is 8.40. The van der Waals surface area contributed by atoms with Crippen LogP contribution in [0.1, 0.15) is 43.5 Å². The van der Waals surface area contributed by atoms with E-state index in [1.165, 1.54) is 13.8 Å². The molecule has 1 aromatic carbocycles. The third-order valence-electron chi connectivity index (χ3n) is 6.61. The molecular weight excluding hydrogens is 388 g/mol. The lowest BCUT2D eigenvalue weighted by Crippen LogP contribution is -2.45. The topological polar surface area (TPSA) is 110 Å². The van der Waals surface area contributed by atoms with Gasteiger partial charge in [0.2, 0.25) is 11.8 Å². The number of nitrogens with one attached hydrogen (secondary N) is 1. The highest BCUT2D eigenvalue weighted by molar-refractivity contribution is 6.08. The van der Waals surface area contributed by atoms with E-state index >= 15 is 0 Å². The van der Waals surface area contributed by atoms with Gasteiger partial charge < -0.3 is 10.1 Å². The van der Waals surface area contributed by atoms with Gasteiger partial charge in [0.15, 0.2) is 12.4 Å². The fourth-order valence-electron chi connectivity index (χ4n) is 5.16. The van der Waals surface area contributed by atoms with Crippen molar-refractivity contribution in [2.45, 2.75) is 39.2 Å². The van der Waals surface area contributed by atoms with Crippen molar-refractivity contribution in [3.8, 4) is 0 Å². The number of ketones is 1. The average molecular weight is 412 g/mol. The molecule has 3 fully saturated rings. The summed E-state index contributed by atoms with van der Waals surface area (Å²) < 4.78 is 5.05. The van der Waals surface area contributed by atoms with E-state index in [2.05, 4.69) is 5.32 Å². The summed E-state index contributed by atoms with van der Waals surface area (Å²) in [5, 5.41) is 2.57. The molecule has 1 N–H and O–H groups in total. The molecule has 30 heavy (non-hydrogen) atoms. The van der Waals surface area contributed by atoms with E-state index in [0.29, 0.717) is 11.3 Å². The minimum Gasteiger partial charge on any atom is -0.454 e. The zero-order valence-electron chi connectivity index (χ0n) is 16.9. The molecule has 1 aromatic rings. The van der Waals surface area contributed by atoms with Crippen molar-refractivity contribution in [3.05, 3.63) is 29.8 Å². The molecule has 8 nitrogen and oxygen atoms in total. The fraction of sp³-hybridized carbons (Fsp3) is 0.500. The summed E-state index contributed by atoms with van der Waals surface area (Å²) in [5.74, 6) is -2.10. The molecule has 3 aliphatic rings. The Kier molecular flexibility index (Phi) is 5.17. The molecule has 4 rings (SSSR count). The fourth-order valence-corrected chi connectivity index (χ4v) is 5.16. The molecule has 5 atom stereocenters. The van der Waals surface area contributed by atoms with E-state index in [4.69, 9.17) is 4.74 Å². The standard InChI is InChI=1S/C22H24N2O6/c1-11(24-20(27)18-14-3-4-15(9-14)19(18)21(24)28)22(29)30-10-17(26)23-16-7-5-13(6-8-16)12(2)25/h5-8,11,14-15,18-19H,3-4,9-10H2,1-2H3,(H,23,26)/t11-,14+,15+,18-,19+/m1/s1. The number of rotatable bonds is 6. The Morgan fingerprint density at radius 2 is 1.63 bits per heavy atom. The predicted octanol–water partition coefficient (Wildman–Crippen LogP) is 1.79. The molecule has 2 aliphatic carbocycles. The molecule has 0 aromatic heterocycles. The maximum atomic E-state index is 12.8. The van der Waals surface area contributed by atoms with Crippen LogP contribution in [0, 0.1) is 23.7 Å². The Hall–Kier alpha value is -3.03. The molecule has 1 aliphatic heterocycles. The second kappa shape index (κ2) is 7.66. The highest BCUT2D eigenvalue weighted by Gasteiger charge is 2.62. The normalized spacial score (nSPS) is 27.7. The average Bonchev–Trinajstić information content (AvgIpc) is 3.40. The Balaban J connectivity index is 1.31. The first-order chi connectivity index (χ1) is 14.3. The second-order valence-electron chi connectivity index (χ2n) is 8.40. The summed E-state index contributed by atoms with van der Waals surface area (Å²) >= 11 is 0. The number of Topliss-reactive ketones (excluding diaryl/α,β-unsaturated/α-hetero) is 1. The third-order valence-corrected chi connectivity index (χ3v) is 6.61. The number of benzene rings is 1. The van der Waals surface area contributed by atoms with Crippen molar-refractivity contribution >= 4 is 35.2 Å². The smallest absolute Gasteiger partial charge is 0.329 e. The number of likely N-dealkylation sites (tertiary alicyclic amines) is 1. The van der Waals surface area contributed by atoms with Crippen LogP contribution in [0.4, 0.5) is 5.69 Å². The van der Waals surface area contributed by atoms with Crippen molar-refractivity contribution in [3.63, 3.8) is 0 Å². The number of anilines is 1. The molecule has 8 heteroatoms. The van der Waals surface area contributed by atoms with Gasteiger partial charge in [0.1, 0.15) is 6.04 Å². The molecule has 0 radical (unpaired) electrons. The van der Waals surface area contributed by atoms with E-state index in [9.17, 15) is 24.0 Å². The maximum absolute atomic E-state index is 12.8. The number of hydrogen-bond acceptors (Lipinski definition) is 6. The number of amides is 3. The first kappa shape index (κ1) is 20.3. The predicted molar refractivity (Wildman–Crippen MR) is 105 cm³/mol. The Bertz CT molecular complexity index is 896. The summed E-state index contributed by atoms with van der Waals surface area (Å²) in [6.07, 6.45) is 2.85. The monoisotopic (exact) mass is 412 g/mol. The molecule has 0 spiro atoms. The quantitative estimate of drug-likeness (QED) is 0.433. The van der Waals surface area contributed by atoms with Gasteiger partial charge in [0.25, 0.3) is 5.91 Å². The van der Waals surface area contributed by atoms with Crippen LogP contribution in [0.25, 0.3) is 0 Å². The van der Waals surface area contributed by atoms with Crippen LogP contribution in [-0.4, -0.2) is 47.0 Å². The van der Waals surface area contributed by atoms with Crippen molar-refractivity contribution in [2.24, 2.45) is 23.7 Å². The van der Waals surface area contributed by atoms with E-state index in [1.807, 2.05) is 0 Å². The van der Waals surface area contributed by atoms with Crippen LogP contribution in [0.5, 0.6) is 0 Å². The van der Waals surface area contributed by atoms with E-state index < -0.39 is 24.5 Å². The van der Waals surface area contributed by atoms with Crippen molar-refractivity contribution in [1.29, 1.82) is 0 Å². The molecule has 1 heterocycles. The lowest BCUT2D eigenvalue weighted by molar-refractivity contribution is -0.159. The highest BCUT2D eigenvalue weighted by Crippen LogP contribution is 2.56. The molecule has 1 saturated heterocycles. The molecular formula is C22H24N2O6. The van der Waals surface area contributed by atoms with Gasteiger partial charge in [-0.15, -0.1) is 0 Å². The Morgan fingerprint density at radius 3 is 2.17 bits per heavy atom. The van der Waals surface area contributed by atoms with Gasteiger partial charge >= 0.3 is 5.97 Å². The Morgan fingerprint density at radius 1 is 1.07 bits per heavy atom. The number of ether oxygens (including phenoxy) is 1. The summed E-state index contributed by atoms with van der Waals surface area (Å²) in [6, 6.07) is 5.26. The minimum atomic E-state index is -1.06. The SMILES string of the molecule is CC(=O)c1ccc(NC(=O)COC(=O)[C@@H](C)N2C(=O)[C@@H]3[C@H]4CC[C@@H](C4)[C@@H]3C2=O)cc1. The molecule has 158 valence electrons. The summed E-state index contributed by atoms with van der Waals surface area (Å²) in [4.78, 5) is 62.4. The molecule has 2 bridgehead atoms. The van der Waals surface area contributed by atoms with Crippen molar-refractivity contribution in [2.75, 3.05) is 11.9 Å². The zero-order chi connectivity index (χ0) is 21.6. The van der Waals surface area contributed by atoms with Crippen LogP contribution in [0.2, 0.25) is 0 Å². The van der Waals surface area contributed by atoms with E-state index in [1.54, 1.807) is 24.3 Å². The van der Waals surface area contributed by atoms with Gasteiger partial charge in [-0.2, -0.15) is 0 Å². The first-order valence-electron chi connectivity index (χ1n) is 10.2. The number of nitrogens with zero attached hydrogens (tertiary/aromatic N) is 1. The Labute approximate surface area is 173 Å². The largest absolute Gasteiger partial charge is 0.454 e. The van der Waals surface area contributed by atoms with Crippen LogP contribution < -0.4 is 5.32 Å². The summed E-state index contributed by atoms with van der Waals surface area (Å²) in [7, 11) is 0. The lowest BCUT2D eigenvalue weighted by atomic mass is 9.81. The number of carbonyl (C=O) groups is 5. The molecule has 2 saturated carbocycles. The van der Waals surface area contributed by atoms with Gasteiger partial charge in [0.05, 0.1) is 11.8 Å². The highest BCUT2D eigenvalue weighted by atomic mass is 16.5. The van der Waals surface area contributed by atoms with Gasteiger partial charge in [0, 0.05) is 11.3 Å². The van der Waals surface area contributed by atoms with Gasteiger partial charge in [-0.25, -0.2) is 4.79 Å². The van der Waals surface area contributed by atoms with Crippen LogP contribution in [0.15, 0.2) is 24.3 Å². The van der Waals surface area contributed by atoms with Crippen LogP contribution >= 0.6 is 0 Å². The van der Waals surface area contributed by atoms with Gasteiger partial charge in [-0.3, -0.25) is 24.1 Å². The van der Waals surface area contributed by atoms with Crippen molar-refractivity contribution in [1.82, 2.24) is 4.90 Å². The number of esters is 1. The zero-order valence-corrected chi connectivity index (χ0v) is 16.9. The molecule has 3 amide bonds. The van der Waals surface area contributed by atoms with Crippen LogP contribution in [0.3, 0.4) is 0 Å². The maximum Gasteiger partial charge on any atom is 0.329 e. The number of hydrogen-bond donors (Lipinski definition) is 1. The number of imide groups is 1. The lowest BCUT2D eigenvalue weighted by Gasteiger charge is -2.23. The van der Waals surface area contributed by atoms with Crippen molar-refractivity contribution < 1.29 is 28.7 Å². The van der Waals surface area contributed by atoms with Crippen LogP contribution in [-0.2, 0) is 23.9 Å². The summed E-state index contributed by atoms with van der Waals surface area (Å²) in [6.45, 7) is 2.37. The third kappa shape index (κ3) is 3.40. The van der Waals surface area contributed by atoms with E-state index in [-0.39, 0.29) is 41.3 Å². The first-order valence-corrected chi connectivity index (χ1v) is 10.2. The number of fused-ring (bicyclic) bond motifs is 5. The summed E-state index contributed by atoms with van der Waals surface area (Å²) in [5.41, 5.74) is 0.980. The molecule has 0 unspecified atom stereocenters. The minimum absolute atomic E-state index is 0.0843. The number of carbonyl (C=O) groups excluding carboxylic acids is 5. The van der Waals surface area contributed by atoms with E-state index in [0.717, 1.165) is 24.2 Å². The van der Waals surface area contributed by atoms with Gasteiger partial charge in [-0.05, 0) is 69.2 Å². The van der Waals surface area contributed by atoms with Gasteiger partial charge in [-0.1, -0.05) is 0 Å².